The van der Waals surface area contributed by atoms with Crippen LogP contribution < -0.4 is 15.0 Å². The number of aryl methyl sites for hydroxylation is 1. The molecule has 4 aromatic rings. The van der Waals surface area contributed by atoms with Crippen LogP contribution in [0.15, 0.2) is 69.0 Å². The molecule has 174 valence electrons. The molecule has 3 aromatic carbocycles. The SMILES string of the molecule is CCOc1cc(C=Nn2c(C)nc3ccc(Br)cc3c2=O)cc(Cl)c1OCc1ccc(Cl)cc1. The van der Waals surface area contributed by atoms with Crippen LogP contribution in [0.4, 0.5) is 0 Å². The highest BCUT2D eigenvalue weighted by Gasteiger charge is 2.13. The summed E-state index contributed by atoms with van der Waals surface area (Å²) in [6.45, 7) is 4.33. The first-order valence-corrected chi connectivity index (χ1v) is 12.0. The van der Waals surface area contributed by atoms with E-state index in [0.29, 0.717) is 57.0 Å². The standard InChI is InChI=1S/C25H20BrCl2N3O3/c1-3-33-23-11-17(10-21(28)24(23)34-14-16-4-7-19(27)8-5-16)13-29-31-15(2)30-22-9-6-18(26)12-20(22)25(31)32/h4-13H,3,14H2,1-2H3. The molecule has 9 heteroatoms. The Morgan fingerprint density at radius 1 is 1.09 bits per heavy atom. The van der Waals surface area contributed by atoms with Gasteiger partial charge in [0.05, 0.1) is 28.7 Å². The van der Waals surface area contributed by atoms with E-state index >= 15 is 0 Å². The summed E-state index contributed by atoms with van der Waals surface area (Å²) in [5.74, 6) is 1.38. The van der Waals surface area contributed by atoms with Crippen LogP contribution in [0.3, 0.4) is 0 Å². The summed E-state index contributed by atoms with van der Waals surface area (Å²) in [5.41, 5.74) is 1.94. The summed E-state index contributed by atoms with van der Waals surface area (Å²) in [6.07, 6.45) is 1.54. The van der Waals surface area contributed by atoms with Crippen molar-refractivity contribution in [3.63, 3.8) is 0 Å². The largest absolute Gasteiger partial charge is 0.490 e. The molecule has 1 heterocycles. The van der Waals surface area contributed by atoms with Crippen molar-refractivity contribution in [2.24, 2.45) is 5.10 Å². The average Bonchev–Trinajstić information content (AvgIpc) is 2.80. The van der Waals surface area contributed by atoms with Crippen LogP contribution in [-0.2, 0) is 6.61 Å². The molecule has 0 fully saturated rings. The molecular weight excluding hydrogens is 541 g/mol. The fraction of sp³-hybridized carbons (Fsp3) is 0.160. The first-order chi connectivity index (χ1) is 16.4. The van der Waals surface area contributed by atoms with E-state index in [9.17, 15) is 4.79 Å². The fourth-order valence-electron chi connectivity index (χ4n) is 3.32. The van der Waals surface area contributed by atoms with Crippen LogP contribution in [0.2, 0.25) is 10.0 Å². The van der Waals surface area contributed by atoms with E-state index in [1.54, 1.807) is 43.3 Å². The lowest BCUT2D eigenvalue weighted by molar-refractivity contribution is 0.269. The molecule has 0 bridgehead atoms. The van der Waals surface area contributed by atoms with Crippen LogP contribution in [0.1, 0.15) is 23.9 Å². The summed E-state index contributed by atoms with van der Waals surface area (Å²) in [4.78, 5) is 17.4. The zero-order chi connectivity index (χ0) is 24.2. The van der Waals surface area contributed by atoms with Gasteiger partial charge in [-0.25, -0.2) is 4.98 Å². The lowest BCUT2D eigenvalue weighted by atomic mass is 10.2. The summed E-state index contributed by atoms with van der Waals surface area (Å²) in [5, 5.41) is 5.85. The Hall–Kier alpha value is -2.87. The van der Waals surface area contributed by atoms with E-state index < -0.39 is 0 Å². The zero-order valence-electron chi connectivity index (χ0n) is 18.4. The Labute approximate surface area is 214 Å². The zero-order valence-corrected chi connectivity index (χ0v) is 21.5. The maximum Gasteiger partial charge on any atom is 0.282 e. The van der Waals surface area contributed by atoms with Crippen LogP contribution in [0.5, 0.6) is 11.5 Å². The van der Waals surface area contributed by atoms with Crippen LogP contribution in [-0.4, -0.2) is 22.5 Å². The molecular formula is C25H20BrCl2N3O3. The van der Waals surface area contributed by atoms with Crippen LogP contribution >= 0.6 is 39.1 Å². The molecule has 0 saturated carbocycles. The van der Waals surface area contributed by atoms with Gasteiger partial charge in [0.1, 0.15) is 12.4 Å². The van der Waals surface area contributed by atoms with Crippen molar-refractivity contribution in [3.05, 3.63) is 96.4 Å². The normalized spacial score (nSPS) is 11.3. The number of ether oxygens (including phenoxy) is 2. The average molecular weight is 561 g/mol. The van der Waals surface area contributed by atoms with Crippen molar-refractivity contribution < 1.29 is 9.47 Å². The Balaban J connectivity index is 1.65. The lowest BCUT2D eigenvalue weighted by Crippen LogP contribution is -2.20. The minimum Gasteiger partial charge on any atom is -0.490 e. The Kier molecular flexibility index (Phi) is 7.56. The molecule has 0 aliphatic rings. The second-order valence-corrected chi connectivity index (χ2v) is 9.12. The number of hydrogen-bond acceptors (Lipinski definition) is 5. The lowest BCUT2D eigenvalue weighted by Gasteiger charge is -2.14. The molecule has 0 unspecified atom stereocenters. The van der Waals surface area contributed by atoms with E-state index in [1.165, 1.54) is 10.9 Å². The third kappa shape index (κ3) is 5.43. The number of rotatable bonds is 7. The molecule has 1 aromatic heterocycles. The second kappa shape index (κ2) is 10.6. The van der Waals surface area contributed by atoms with Gasteiger partial charge in [-0.2, -0.15) is 9.78 Å². The smallest absolute Gasteiger partial charge is 0.282 e. The van der Waals surface area contributed by atoms with Crippen molar-refractivity contribution in [2.75, 3.05) is 6.61 Å². The van der Waals surface area contributed by atoms with Crippen LogP contribution in [0.25, 0.3) is 10.9 Å². The first kappa shape index (κ1) is 24.3. The van der Waals surface area contributed by atoms with Gasteiger partial charge in [-0.05, 0) is 67.4 Å². The van der Waals surface area contributed by atoms with Gasteiger partial charge in [-0.15, -0.1) is 0 Å². The number of benzene rings is 3. The van der Waals surface area contributed by atoms with Gasteiger partial charge in [-0.1, -0.05) is 51.3 Å². The highest BCUT2D eigenvalue weighted by molar-refractivity contribution is 9.10. The second-order valence-electron chi connectivity index (χ2n) is 7.36. The predicted molar refractivity (Wildman–Crippen MR) is 140 cm³/mol. The maximum atomic E-state index is 13.0. The van der Waals surface area contributed by atoms with E-state index in [4.69, 9.17) is 32.7 Å². The summed E-state index contributed by atoms with van der Waals surface area (Å²) in [6, 6.07) is 16.2. The van der Waals surface area contributed by atoms with Gasteiger partial charge in [0, 0.05) is 9.50 Å². The van der Waals surface area contributed by atoms with Crippen LogP contribution in [0, 0.1) is 6.92 Å². The van der Waals surface area contributed by atoms with Crippen molar-refractivity contribution in [3.8, 4) is 11.5 Å². The summed E-state index contributed by atoms with van der Waals surface area (Å²) < 4.78 is 13.8. The Morgan fingerprint density at radius 2 is 1.85 bits per heavy atom. The molecule has 0 radical (unpaired) electrons. The highest BCUT2D eigenvalue weighted by atomic mass is 79.9. The molecule has 0 aliphatic heterocycles. The van der Waals surface area contributed by atoms with E-state index in [1.807, 2.05) is 25.1 Å². The number of halogens is 3. The fourth-order valence-corrected chi connectivity index (χ4v) is 4.08. The number of aromatic nitrogens is 2. The molecule has 0 saturated heterocycles. The summed E-state index contributed by atoms with van der Waals surface area (Å²) >= 11 is 15.9. The number of nitrogens with zero attached hydrogens (tertiary/aromatic N) is 3. The maximum absolute atomic E-state index is 13.0. The molecule has 34 heavy (non-hydrogen) atoms. The molecule has 0 N–H and O–H groups in total. The van der Waals surface area contributed by atoms with Crippen molar-refractivity contribution in [1.82, 2.24) is 9.66 Å². The highest BCUT2D eigenvalue weighted by Crippen LogP contribution is 2.37. The molecule has 0 atom stereocenters. The third-order valence-electron chi connectivity index (χ3n) is 4.92. The van der Waals surface area contributed by atoms with Gasteiger partial charge >= 0.3 is 0 Å². The first-order valence-electron chi connectivity index (χ1n) is 10.4. The third-order valence-corrected chi connectivity index (χ3v) is 5.95. The van der Waals surface area contributed by atoms with Gasteiger partial charge in [0.25, 0.3) is 5.56 Å². The monoisotopic (exact) mass is 559 g/mol. The quantitative estimate of drug-likeness (QED) is 0.238. The van der Waals surface area contributed by atoms with Crippen molar-refractivity contribution in [1.29, 1.82) is 0 Å². The Bertz CT molecular complexity index is 1440. The summed E-state index contributed by atoms with van der Waals surface area (Å²) in [7, 11) is 0. The molecule has 4 rings (SSSR count). The van der Waals surface area contributed by atoms with Gasteiger partial charge in [0.15, 0.2) is 11.5 Å². The minimum absolute atomic E-state index is 0.265. The van der Waals surface area contributed by atoms with Gasteiger partial charge in [-0.3, -0.25) is 4.79 Å². The topological polar surface area (TPSA) is 65.7 Å². The molecule has 6 nitrogen and oxygen atoms in total. The minimum atomic E-state index is -0.265. The van der Waals surface area contributed by atoms with Crippen molar-refractivity contribution in [2.45, 2.75) is 20.5 Å². The molecule has 0 amide bonds. The van der Waals surface area contributed by atoms with E-state index in [-0.39, 0.29) is 5.56 Å². The van der Waals surface area contributed by atoms with E-state index in [2.05, 4.69) is 26.0 Å². The predicted octanol–water partition coefficient (Wildman–Crippen LogP) is 6.63. The van der Waals surface area contributed by atoms with Gasteiger partial charge < -0.3 is 9.47 Å². The molecule has 0 aliphatic carbocycles. The molecule has 0 spiro atoms. The van der Waals surface area contributed by atoms with Crippen molar-refractivity contribution >= 4 is 56.2 Å². The number of hydrogen-bond donors (Lipinski definition) is 0. The van der Waals surface area contributed by atoms with Gasteiger partial charge in [0.2, 0.25) is 0 Å². The van der Waals surface area contributed by atoms with E-state index in [0.717, 1.165) is 10.0 Å². The Morgan fingerprint density at radius 3 is 2.59 bits per heavy atom. The number of fused-ring (bicyclic) bond motifs is 1.